The molecule has 1 saturated carbocycles. The van der Waals surface area contributed by atoms with Crippen molar-refractivity contribution in [2.75, 3.05) is 5.73 Å². The van der Waals surface area contributed by atoms with Crippen molar-refractivity contribution in [1.29, 1.82) is 0 Å². The molecule has 0 radical (unpaired) electrons. The summed E-state index contributed by atoms with van der Waals surface area (Å²) in [5, 5.41) is 0. The van der Waals surface area contributed by atoms with Gasteiger partial charge < -0.3 is 5.73 Å². The van der Waals surface area contributed by atoms with Crippen molar-refractivity contribution in [2.24, 2.45) is 5.92 Å². The predicted octanol–water partition coefficient (Wildman–Crippen LogP) is 1.98. The van der Waals surface area contributed by atoms with Crippen LogP contribution in [0.15, 0.2) is 18.2 Å². The van der Waals surface area contributed by atoms with E-state index in [-0.39, 0.29) is 41.5 Å². The van der Waals surface area contributed by atoms with Gasteiger partial charge in [-0.1, -0.05) is 0 Å². The first-order valence-electron chi connectivity index (χ1n) is 6.86. The van der Waals surface area contributed by atoms with E-state index in [1.54, 1.807) is 6.07 Å². The molecule has 0 amide bonds. The standard InChI is InChI=1S/C16H17NO4/c1-9(18)14-7-11(17)3-5-13(14)16(21)6-10-2-4-12(19)8-15(10)20/h3,5,7,10H,2,4,6,8,17H2,1H3. The summed E-state index contributed by atoms with van der Waals surface area (Å²) < 4.78 is 0. The van der Waals surface area contributed by atoms with Gasteiger partial charge in [0.15, 0.2) is 11.6 Å². The van der Waals surface area contributed by atoms with E-state index in [2.05, 4.69) is 0 Å². The van der Waals surface area contributed by atoms with Crippen molar-refractivity contribution in [1.82, 2.24) is 0 Å². The van der Waals surface area contributed by atoms with Gasteiger partial charge >= 0.3 is 0 Å². The Hall–Kier alpha value is -2.30. The van der Waals surface area contributed by atoms with Crippen molar-refractivity contribution in [2.45, 2.75) is 32.6 Å². The second kappa shape index (κ2) is 5.99. The molecule has 110 valence electrons. The molecule has 0 saturated heterocycles. The molecule has 2 rings (SSSR count). The molecule has 5 heteroatoms. The first kappa shape index (κ1) is 15.1. The number of nitrogens with two attached hydrogens (primary N) is 1. The van der Waals surface area contributed by atoms with Gasteiger partial charge in [0.2, 0.25) is 0 Å². The molecule has 2 N–H and O–H groups in total. The summed E-state index contributed by atoms with van der Waals surface area (Å²) in [5.74, 6) is -1.17. The van der Waals surface area contributed by atoms with E-state index in [1.165, 1.54) is 19.1 Å². The van der Waals surface area contributed by atoms with Gasteiger partial charge in [0.1, 0.15) is 11.6 Å². The van der Waals surface area contributed by atoms with Crippen molar-refractivity contribution in [3.63, 3.8) is 0 Å². The number of hydrogen-bond donors (Lipinski definition) is 1. The minimum absolute atomic E-state index is 0.0380. The van der Waals surface area contributed by atoms with Crippen LogP contribution >= 0.6 is 0 Å². The van der Waals surface area contributed by atoms with Crippen molar-refractivity contribution in [3.05, 3.63) is 29.3 Å². The second-order valence-electron chi connectivity index (χ2n) is 5.41. The highest BCUT2D eigenvalue weighted by atomic mass is 16.2. The van der Waals surface area contributed by atoms with Crippen LogP contribution in [0, 0.1) is 5.92 Å². The van der Waals surface area contributed by atoms with Crippen LogP contribution in [-0.4, -0.2) is 23.1 Å². The molecular weight excluding hydrogens is 270 g/mol. The summed E-state index contributed by atoms with van der Waals surface area (Å²) in [5.41, 5.74) is 6.62. The highest BCUT2D eigenvalue weighted by Gasteiger charge is 2.29. The van der Waals surface area contributed by atoms with Gasteiger partial charge in [0.25, 0.3) is 0 Å². The maximum atomic E-state index is 12.3. The number of ketones is 4. The maximum Gasteiger partial charge on any atom is 0.164 e. The normalized spacial score (nSPS) is 18.6. The lowest BCUT2D eigenvalue weighted by molar-refractivity contribution is -0.132. The molecule has 21 heavy (non-hydrogen) atoms. The number of benzene rings is 1. The summed E-state index contributed by atoms with van der Waals surface area (Å²) >= 11 is 0. The molecule has 1 fully saturated rings. The first-order chi connectivity index (χ1) is 9.88. The molecule has 1 aliphatic rings. The predicted molar refractivity (Wildman–Crippen MR) is 77.2 cm³/mol. The molecule has 0 aromatic heterocycles. The van der Waals surface area contributed by atoms with Gasteiger partial charge in [-0.25, -0.2) is 0 Å². The van der Waals surface area contributed by atoms with E-state index in [9.17, 15) is 19.2 Å². The number of rotatable bonds is 4. The smallest absolute Gasteiger partial charge is 0.164 e. The number of carbonyl (C=O) groups is 4. The number of Topliss-reactive ketones (excluding diaryl/α,β-unsaturated/α-hetero) is 4. The number of nitrogen functional groups attached to an aromatic ring is 1. The summed E-state index contributed by atoms with van der Waals surface area (Å²) in [6, 6.07) is 4.56. The van der Waals surface area contributed by atoms with Crippen LogP contribution in [0.2, 0.25) is 0 Å². The Morgan fingerprint density at radius 1 is 1.24 bits per heavy atom. The van der Waals surface area contributed by atoms with E-state index in [4.69, 9.17) is 5.73 Å². The van der Waals surface area contributed by atoms with Gasteiger partial charge in [0.05, 0.1) is 6.42 Å². The van der Waals surface area contributed by atoms with E-state index in [0.717, 1.165) is 0 Å². The highest BCUT2D eigenvalue weighted by molar-refractivity contribution is 6.10. The summed E-state index contributed by atoms with van der Waals surface area (Å²) in [4.78, 5) is 46.9. The molecule has 0 bridgehead atoms. The molecule has 1 unspecified atom stereocenters. The Balaban J connectivity index is 2.19. The maximum absolute atomic E-state index is 12.3. The molecular formula is C16H17NO4. The van der Waals surface area contributed by atoms with Gasteiger partial charge in [-0.05, 0) is 31.5 Å². The van der Waals surface area contributed by atoms with Gasteiger partial charge in [-0.3, -0.25) is 19.2 Å². The Kier molecular flexibility index (Phi) is 4.31. The van der Waals surface area contributed by atoms with Crippen LogP contribution < -0.4 is 5.73 Å². The number of anilines is 1. The molecule has 0 aliphatic heterocycles. The Morgan fingerprint density at radius 3 is 2.57 bits per heavy atom. The first-order valence-corrected chi connectivity index (χ1v) is 6.86. The lowest BCUT2D eigenvalue weighted by Crippen LogP contribution is -2.27. The third-order valence-corrected chi connectivity index (χ3v) is 3.75. The van der Waals surface area contributed by atoms with Crippen molar-refractivity contribution in [3.8, 4) is 0 Å². The Labute approximate surface area is 122 Å². The van der Waals surface area contributed by atoms with E-state index in [0.29, 0.717) is 24.1 Å². The third-order valence-electron chi connectivity index (χ3n) is 3.75. The molecule has 0 spiro atoms. The Bertz CT molecular complexity index is 633. The zero-order chi connectivity index (χ0) is 15.6. The average molecular weight is 287 g/mol. The largest absolute Gasteiger partial charge is 0.399 e. The van der Waals surface area contributed by atoms with Crippen molar-refractivity contribution < 1.29 is 19.2 Å². The quantitative estimate of drug-likeness (QED) is 0.519. The molecule has 1 aliphatic carbocycles. The minimum Gasteiger partial charge on any atom is -0.399 e. The lowest BCUT2D eigenvalue weighted by Gasteiger charge is -2.19. The average Bonchev–Trinajstić information content (AvgIpc) is 2.41. The second-order valence-corrected chi connectivity index (χ2v) is 5.41. The molecule has 1 aromatic carbocycles. The van der Waals surface area contributed by atoms with Crippen molar-refractivity contribution >= 4 is 28.8 Å². The fraction of sp³-hybridized carbons (Fsp3) is 0.375. The van der Waals surface area contributed by atoms with Gasteiger partial charge in [0, 0.05) is 35.6 Å². The highest BCUT2D eigenvalue weighted by Crippen LogP contribution is 2.25. The number of carbonyl (C=O) groups excluding carboxylic acids is 4. The zero-order valence-corrected chi connectivity index (χ0v) is 11.8. The van der Waals surface area contributed by atoms with Crippen LogP contribution in [0.1, 0.15) is 53.3 Å². The lowest BCUT2D eigenvalue weighted by atomic mass is 9.82. The SMILES string of the molecule is CC(=O)c1cc(N)ccc1C(=O)CC1CCC(=O)CC1=O. The fourth-order valence-electron chi connectivity index (χ4n) is 2.57. The van der Waals surface area contributed by atoms with E-state index >= 15 is 0 Å². The number of hydrogen-bond acceptors (Lipinski definition) is 5. The van der Waals surface area contributed by atoms with Crippen LogP contribution in [0.3, 0.4) is 0 Å². The van der Waals surface area contributed by atoms with Gasteiger partial charge in [-0.15, -0.1) is 0 Å². The molecule has 5 nitrogen and oxygen atoms in total. The van der Waals surface area contributed by atoms with Crippen LogP contribution in [-0.2, 0) is 9.59 Å². The zero-order valence-electron chi connectivity index (χ0n) is 11.8. The summed E-state index contributed by atoms with van der Waals surface area (Å²) in [7, 11) is 0. The molecule has 1 aromatic rings. The summed E-state index contributed by atoms with van der Waals surface area (Å²) in [6.07, 6.45) is 0.703. The monoisotopic (exact) mass is 287 g/mol. The Morgan fingerprint density at radius 2 is 1.95 bits per heavy atom. The van der Waals surface area contributed by atoms with E-state index < -0.39 is 5.92 Å². The summed E-state index contributed by atoms with van der Waals surface area (Å²) in [6.45, 7) is 1.37. The van der Waals surface area contributed by atoms with E-state index in [1.807, 2.05) is 0 Å². The molecule has 0 heterocycles. The fourth-order valence-corrected chi connectivity index (χ4v) is 2.57. The topological polar surface area (TPSA) is 94.3 Å². The minimum atomic E-state index is -0.424. The van der Waals surface area contributed by atoms with Crippen LogP contribution in [0.4, 0.5) is 5.69 Å². The third kappa shape index (κ3) is 3.42. The molecule has 1 atom stereocenters. The van der Waals surface area contributed by atoms with Gasteiger partial charge in [-0.2, -0.15) is 0 Å². The van der Waals surface area contributed by atoms with Crippen LogP contribution in [0.25, 0.3) is 0 Å². The van der Waals surface area contributed by atoms with Crippen LogP contribution in [0.5, 0.6) is 0 Å².